The van der Waals surface area contributed by atoms with Crippen molar-refractivity contribution < 1.29 is 9.53 Å². The highest BCUT2D eigenvalue weighted by Gasteiger charge is 2.19. The van der Waals surface area contributed by atoms with E-state index in [0.717, 1.165) is 37.1 Å². The third kappa shape index (κ3) is 7.52. The normalized spacial score (nSPS) is 12.1. The molecule has 1 rings (SSSR count). The first-order valence-corrected chi connectivity index (χ1v) is 8.60. The molecule has 1 atom stereocenters. The predicted octanol–water partition coefficient (Wildman–Crippen LogP) is 5.30. The predicted molar refractivity (Wildman–Crippen MR) is 88.9 cm³/mol. The Bertz CT molecular complexity index is 378. The Balaban J connectivity index is 2.17. The third-order valence-electron chi connectivity index (χ3n) is 3.67. The molecular formula is C18H27ClO2. The van der Waals surface area contributed by atoms with E-state index in [0.29, 0.717) is 6.61 Å². The van der Waals surface area contributed by atoms with Crippen LogP contribution in [-0.4, -0.2) is 18.5 Å². The van der Waals surface area contributed by atoms with Gasteiger partial charge in [0.25, 0.3) is 0 Å². The average molecular weight is 311 g/mol. The summed E-state index contributed by atoms with van der Waals surface area (Å²) >= 11 is 5.64. The van der Waals surface area contributed by atoms with Gasteiger partial charge in [0.05, 0.1) is 12.5 Å². The molecule has 1 aromatic carbocycles. The molecule has 0 aliphatic heterocycles. The quantitative estimate of drug-likeness (QED) is 0.315. The Morgan fingerprint density at radius 3 is 2.29 bits per heavy atom. The highest BCUT2D eigenvalue weighted by atomic mass is 35.5. The molecule has 0 heterocycles. The zero-order valence-corrected chi connectivity index (χ0v) is 13.8. The minimum absolute atomic E-state index is 0.0918. The Morgan fingerprint density at radius 1 is 1.05 bits per heavy atom. The summed E-state index contributed by atoms with van der Waals surface area (Å²) in [6.07, 6.45) is 7.59. The van der Waals surface area contributed by atoms with Crippen molar-refractivity contribution in [1.29, 1.82) is 0 Å². The van der Waals surface area contributed by atoms with E-state index in [1.54, 1.807) is 0 Å². The van der Waals surface area contributed by atoms with Crippen molar-refractivity contribution in [3.8, 4) is 0 Å². The Morgan fingerprint density at radius 2 is 1.67 bits per heavy atom. The van der Waals surface area contributed by atoms with Crippen molar-refractivity contribution in [1.82, 2.24) is 0 Å². The van der Waals surface area contributed by atoms with E-state index in [4.69, 9.17) is 16.3 Å². The van der Waals surface area contributed by atoms with Gasteiger partial charge in [-0.05, 0) is 24.8 Å². The summed E-state index contributed by atoms with van der Waals surface area (Å²) < 4.78 is 5.42. The van der Waals surface area contributed by atoms with E-state index >= 15 is 0 Å². The molecule has 0 N–H and O–H groups in total. The second-order valence-corrected chi connectivity index (χ2v) is 5.73. The zero-order valence-electron chi connectivity index (χ0n) is 13.0. The molecule has 1 unspecified atom stereocenters. The number of alkyl halides is 1. The first-order valence-electron chi connectivity index (χ1n) is 8.07. The number of esters is 1. The standard InChI is InChI=1S/C18H27ClO2/c1-2-17(16-12-8-7-9-13-16)18(20)21-15-11-6-4-3-5-10-14-19/h7-9,12-13,17H,2-6,10-11,14-15H2,1H3. The molecule has 2 nitrogen and oxygen atoms in total. The lowest BCUT2D eigenvalue weighted by atomic mass is 9.97. The Labute approximate surface area is 133 Å². The maximum absolute atomic E-state index is 12.1. The fourth-order valence-electron chi connectivity index (χ4n) is 2.40. The molecular weight excluding hydrogens is 284 g/mol. The van der Waals surface area contributed by atoms with Gasteiger partial charge in [0, 0.05) is 5.88 Å². The third-order valence-corrected chi connectivity index (χ3v) is 3.93. The van der Waals surface area contributed by atoms with Crippen LogP contribution < -0.4 is 0 Å². The average Bonchev–Trinajstić information content (AvgIpc) is 2.52. The summed E-state index contributed by atoms with van der Waals surface area (Å²) in [5.41, 5.74) is 1.05. The summed E-state index contributed by atoms with van der Waals surface area (Å²) in [6.45, 7) is 2.56. The molecule has 1 aromatic rings. The number of benzene rings is 1. The van der Waals surface area contributed by atoms with Crippen molar-refractivity contribution in [2.24, 2.45) is 0 Å². The van der Waals surface area contributed by atoms with Crippen molar-refractivity contribution >= 4 is 17.6 Å². The molecule has 0 amide bonds. The van der Waals surface area contributed by atoms with Crippen LogP contribution in [0.5, 0.6) is 0 Å². The number of carbonyl (C=O) groups excluding carboxylic acids is 1. The van der Waals surface area contributed by atoms with Crippen LogP contribution in [0, 0.1) is 0 Å². The molecule has 21 heavy (non-hydrogen) atoms. The molecule has 3 heteroatoms. The maximum Gasteiger partial charge on any atom is 0.313 e. The topological polar surface area (TPSA) is 26.3 Å². The number of carbonyl (C=O) groups is 1. The van der Waals surface area contributed by atoms with Crippen molar-refractivity contribution in [2.75, 3.05) is 12.5 Å². The van der Waals surface area contributed by atoms with Crippen LogP contribution in [0.2, 0.25) is 0 Å². The maximum atomic E-state index is 12.1. The fraction of sp³-hybridized carbons (Fsp3) is 0.611. The second kappa shape index (κ2) is 11.6. The molecule has 0 aliphatic carbocycles. The van der Waals surface area contributed by atoms with Gasteiger partial charge in [-0.1, -0.05) is 62.9 Å². The van der Waals surface area contributed by atoms with Gasteiger partial charge < -0.3 is 4.74 Å². The van der Waals surface area contributed by atoms with Crippen LogP contribution in [0.4, 0.5) is 0 Å². The second-order valence-electron chi connectivity index (χ2n) is 5.35. The van der Waals surface area contributed by atoms with Crippen LogP contribution in [0.15, 0.2) is 30.3 Å². The number of unbranched alkanes of at least 4 members (excludes halogenated alkanes) is 5. The SMILES string of the molecule is CCC(C(=O)OCCCCCCCCCl)c1ccccc1. The van der Waals surface area contributed by atoms with Gasteiger partial charge in [0.2, 0.25) is 0 Å². The molecule has 0 aliphatic rings. The fourth-order valence-corrected chi connectivity index (χ4v) is 2.59. The van der Waals surface area contributed by atoms with Gasteiger partial charge in [-0.25, -0.2) is 0 Å². The van der Waals surface area contributed by atoms with E-state index in [1.165, 1.54) is 19.3 Å². The molecule has 0 radical (unpaired) electrons. The number of hydrogen-bond donors (Lipinski definition) is 0. The van der Waals surface area contributed by atoms with Crippen LogP contribution >= 0.6 is 11.6 Å². The summed E-state index contributed by atoms with van der Waals surface area (Å²) in [5.74, 6) is 0.538. The van der Waals surface area contributed by atoms with Gasteiger partial charge in [-0.3, -0.25) is 4.79 Å². The Kier molecular flexibility index (Phi) is 9.98. The van der Waals surface area contributed by atoms with Gasteiger partial charge in [-0.2, -0.15) is 0 Å². The lowest BCUT2D eigenvalue weighted by Gasteiger charge is -2.14. The summed E-state index contributed by atoms with van der Waals surface area (Å²) in [4.78, 5) is 12.1. The van der Waals surface area contributed by atoms with Gasteiger partial charge >= 0.3 is 5.97 Å². The number of rotatable bonds is 11. The van der Waals surface area contributed by atoms with Gasteiger partial charge in [0.15, 0.2) is 0 Å². The first kappa shape index (κ1) is 18.0. The molecule has 0 spiro atoms. The minimum atomic E-state index is -0.130. The monoisotopic (exact) mass is 310 g/mol. The zero-order chi connectivity index (χ0) is 15.3. The van der Waals surface area contributed by atoms with E-state index < -0.39 is 0 Å². The molecule has 0 saturated heterocycles. The number of ether oxygens (including phenoxy) is 1. The smallest absolute Gasteiger partial charge is 0.313 e. The summed E-state index contributed by atoms with van der Waals surface area (Å²) in [7, 11) is 0. The lowest BCUT2D eigenvalue weighted by molar-refractivity contribution is -0.145. The van der Waals surface area contributed by atoms with Crippen molar-refractivity contribution in [3.63, 3.8) is 0 Å². The molecule has 0 aromatic heterocycles. The van der Waals surface area contributed by atoms with E-state index in [-0.39, 0.29) is 11.9 Å². The van der Waals surface area contributed by atoms with Gasteiger partial charge in [0.1, 0.15) is 0 Å². The lowest BCUT2D eigenvalue weighted by Crippen LogP contribution is -2.16. The van der Waals surface area contributed by atoms with E-state index in [9.17, 15) is 4.79 Å². The van der Waals surface area contributed by atoms with Crippen molar-refractivity contribution in [2.45, 2.75) is 57.8 Å². The number of hydrogen-bond acceptors (Lipinski definition) is 2. The minimum Gasteiger partial charge on any atom is -0.465 e. The summed E-state index contributed by atoms with van der Waals surface area (Å²) in [6, 6.07) is 9.88. The molecule has 0 bridgehead atoms. The van der Waals surface area contributed by atoms with Crippen LogP contribution in [0.3, 0.4) is 0 Å². The summed E-state index contributed by atoms with van der Waals surface area (Å²) in [5, 5.41) is 0. The Hall–Kier alpha value is -1.02. The van der Waals surface area contributed by atoms with Crippen LogP contribution in [0.1, 0.15) is 63.4 Å². The largest absolute Gasteiger partial charge is 0.465 e. The highest BCUT2D eigenvalue weighted by molar-refractivity contribution is 6.17. The van der Waals surface area contributed by atoms with Crippen LogP contribution in [-0.2, 0) is 9.53 Å². The van der Waals surface area contributed by atoms with Gasteiger partial charge in [-0.15, -0.1) is 11.6 Å². The molecule has 0 saturated carbocycles. The molecule has 0 fully saturated rings. The highest BCUT2D eigenvalue weighted by Crippen LogP contribution is 2.20. The van der Waals surface area contributed by atoms with E-state index in [2.05, 4.69) is 0 Å². The first-order chi connectivity index (χ1) is 10.3. The number of halogens is 1. The molecule has 118 valence electrons. The van der Waals surface area contributed by atoms with E-state index in [1.807, 2.05) is 37.3 Å². The van der Waals surface area contributed by atoms with Crippen molar-refractivity contribution in [3.05, 3.63) is 35.9 Å². The van der Waals surface area contributed by atoms with Crippen LogP contribution in [0.25, 0.3) is 0 Å².